The molecule has 1 aromatic heterocycles. The first kappa shape index (κ1) is 13.9. The molecular formula is C10H10ClF3N4O. The predicted molar refractivity (Wildman–Crippen MR) is 61.9 cm³/mol. The molecular weight excluding hydrogens is 285 g/mol. The number of hydrogen-bond donors (Lipinski definition) is 1. The minimum absolute atomic E-state index is 0.00493. The van der Waals surface area contributed by atoms with E-state index >= 15 is 0 Å². The zero-order chi connectivity index (χ0) is 14.2. The first-order chi connectivity index (χ1) is 8.79. The normalized spacial score (nSPS) is 20.4. The Balaban J connectivity index is 2.39. The van der Waals surface area contributed by atoms with E-state index in [1.165, 1.54) is 4.90 Å². The van der Waals surface area contributed by atoms with E-state index in [4.69, 9.17) is 11.6 Å². The Labute approximate surface area is 111 Å². The summed E-state index contributed by atoms with van der Waals surface area (Å²) in [6, 6.07) is 0.182. The van der Waals surface area contributed by atoms with Crippen LogP contribution >= 0.6 is 11.6 Å². The largest absolute Gasteiger partial charge is 0.433 e. The van der Waals surface area contributed by atoms with Crippen molar-refractivity contribution < 1.29 is 18.0 Å². The average Bonchev–Trinajstić information content (AvgIpc) is 2.31. The number of halogens is 4. The smallest absolute Gasteiger partial charge is 0.353 e. The van der Waals surface area contributed by atoms with Crippen LogP contribution in [0.25, 0.3) is 0 Å². The number of carbonyl (C=O) groups is 1. The Bertz CT molecular complexity index is 508. The van der Waals surface area contributed by atoms with Gasteiger partial charge in [0.1, 0.15) is 11.9 Å². The average molecular weight is 295 g/mol. The van der Waals surface area contributed by atoms with Crippen molar-refractivity contribution in [3.63, 3.8) is 0 Å². The standard InChI is InChI=1S/C10H10ClF3N4O/c1-5-8(19)15-2-3-18(5)7-4-6(10(12,13)14)16-9(11)17-7/h4-5H,2-3H2,1H3,(H,15,19). The van der Waals surface area contributed by atoms with Gasteiger partial charge in [-0.05, 0) is 18.5 Å². The van der Waals surface area contributed by atoms with Gasteiger partial charge in [0, 0.05) is 19.2 Å². The SMILES string of the molecule is CC1C(=O)NCCN1c1cc(C(F)(F)F)nc(Cl)n1. The number of aromatic nitrogens is 2. The van der Waals surface area contributed by atoms with Crippen LogP contribution in [0.5, 0.6) is 0 Å². The van der Waals surface area contributed by atoms with E-state index < -0.39 is 23.2 Å². The van der Waals surface area contributed by atoms with Crippen LogP contribution in [0.15, 0.2) is 6.07 Å². The Kier molecular flexibility index (Phi) is 3.53. The fraction of sp³-hybridized carbons (Fsp3) is 0.500. The van der Waals surface area contributed by atoms with Crippen LogP contribution in [0.4, 0.5) is 19.0 Å². The maximum absolute atomic E-state index is 12.6. The van der Waals surface area contributed by atoms with Crippen molar-refractivity contribution in [2.75, 3.05) is 18.0 Å². The van der Waals surface area contributed by atoms with Crippen LogP contribution in [0.1, 0.15) is 12.6 Å². The van der Waals surface area contributed by atoms with Crippen molar-refractivity contribution in [2.24, 2.45) is 0 Å². The zero-order valence-electron chi connectivity index (χ0n) is 9.83. The third-order valence-corrected chi connectivity index (χ3v) is 2.94. The van der Waals surface area contributed by atoms with Crippen LogP contribution < -0.4 is 10.2 Å². The van der Waals surface area contributed by atoms with E-state index in [1.807, 2.05) is 0 Å². The van der Waals surface area contributed by atoms with Crippen LogP contribution in [-0.4, -0.2) is 35.0 Å². The second-order valence-corrected chi connectivity index (χ2v) is 4.38. The highest BCUT2D eigenvalue weighted by Crippen LogP contribution is 2.31. The number of carbonyl (C=O) groups excluding carboxylic acids is 1. The molecule has 0 bridgehead atoms. The Morgan fingerprint density at radius 3 is 2.79 bits per heavy atom. The first-order valence-corrected chi connectivity index (χ1v) is 5.83. The van der Waals surface area contributed by atoms with Crippen LogP contribution in [0.3, 0.4) is 0 Å². The van der Waals surface area contributed by atoms with E-state index in [2.05, 4.69) is 15.3 Å². The topological polar surface area (TPSA) is 58.1 Å². The van der Waals surface area contributed by atoms with Gasteiger partial charge in [-0.15, -0.1) is 0 Å². The fourth-order valence-electron chi connectivity index (χ4n) is 1.79. The molecule has 1 aliphatic rings. The Hall–Kier alpha value is -1.57. The van der Waals surface area contributed by atoms with E-state index in [9.17, 15) is 18.0 Å². The Morgan fingerprint density at radius 2 is 2.16 bits per heavy atom. The van der Waals surface area contributed by atoms with Gasteiger partial charge in [0.15, 0.2) is 5.69 Å². The second kappa shape index (κ2) is 4.84. The molecule has 1 fully saturated rings. The molecule has 0 aliphatic carbocycles. The summed E-state index contributed by atoms with van der Waals surface area (Å²) in [5.41, 5.74) is -1.12. The number of hydrogen-bond acceptors (Lipinski definition) is 4. The molecule has 0 spiro atoms. The lowest BCUT2D eigenvalue weighted by Crippen LogP contribution is -2.54. The molecule has 5 nitrogen and oxygen atoms in total. The van der Waals surface area contributed by atoms with Crippen LogP contribution in [-0.2, 0) is 11.0 Å². The number of amides is 1. The molecule has 1 aromatic rings. The number of rotatable bonds is 1. The molecule has 1 unspecified atom stereocenters. The lowest BCUT2D eigenvalue weighted by atomic mass is 10.2. The fourth-order valence-corrected chi connectivity index (χ4v) is 1.97. The van der Waals surface area contributed by atoms with Crippen molar-refractivity contribution in [2.45, 2.75) is 19.1 Å². The number of alkyl halides is 3. The molecule has 104 valence electrons. The first-order valence-electron chi connectivity index (χ1n) is 5.45. The number of nitrogens with zero attached hydrogens (tertiary/aromatic N) is 3. The summed E-state index contributed by atoms with van der Waals surface area (Å²) < 4.78 is 37.9. The molecule has 1 N–H and O–H groups in total. The third-order valence-electron chi connectivity index (χ3n) is 2.77. The highest BCUT2D eigenvalue weighted by atomic mass is 35.5. The van der Waals surface area contributed by atoms with Gasteiger partial charge in [0.05, 0.1) is 0 Å². The van der Waals surface area contributed by atoms with Gasteiger partial charge in [-0.1, -0.05) is 0 Å². The molecule has 0 saturated carbocycles. The summed E-state index contributed by atoms with van der Waals surface area (Å²) in [5, 5.41) is 2.11. The minimum atomic E-state index is -4.61. The molecule has 1 saturated heterocycles. The van der Waals surface area contributed by atoms with Gasteiger partial charge in [-0.25, -0.2) is 9.97 Å². The molecule has 19 heavy (non-hydrogen) atoms. The van der Waals surface area contributed by atoms with Gasteiger partial charge < -0.3 is 10.2 Å². The van der Waals surface area contributed by atoms with Gasteiger partial charge in [-0.2, -0.15) is 13.2 Å². The maximum Gasteiger partial charge on any atom is 0.433 e. The molecule has 1 amide bonds. The van der Waals surface area contributed by atoms with Crippen molar-refractivity contribution in [1.82, 2.24) is 15.3 Å². The molecule has 2 heterocycles. The molecule has 9 heteroatoms. The van der Waals surface area contributed by atoms with Crippen molar-refractivity contribution in [3.05, 3.63) is 17.0 Å². The summed E-state index contributed by atoms with van der Waals surface area (Å²) in [5.74, 6) is -0.274. The van der Waals surface area contributed by atoms with Gasteiger partial charge in [-0.3, -0.25) is 4.79 Å². The highest BCUT2D eigenvalue weighted by Gasteiger charge is 2.35. The molecule has 1 atom stereocenters. The lowest BCUT2D eigenvalue weighted by molar-refractivity contribution is -0.141. The van der Waals surface area contributed by atoms with Crippen LogP contribution in [0, 0.1) is 0 Å². The predicted octanol–water partition coefficient (Wildman–Crippen LogP) is 1.47. The lowest BCUT2D eigenvalue weighted by Gasteiger charge is -2.33. The van der Waals surface area contributed by atoms with Crippen molar-refractivity contribution in [3.8, 4) is 0 Å². The van der Waals surface area contributed by atoms with E-state index in [0.717, 1.165) is 6.07 Å². The molecule has 0 aromatic carbocycles. The van der Waals surface area contributed by atoms with E-state index in [1.54, 1.807) is 6.92 Å². The van der Waals surface area contributed by atoms with E-state index in [0.29, 0.717) is 13.1 Å². The molecule has 2 rings (SSSR count). The van der Waals surface area contributed by atoms with Gasteiger partial charge in [0.2, 0.25) is 11.2 Å². The zero-order valence-corrected chi connectivity index (χ0v) is 10.6. The summed E-state index contributed by atoms with van der Waals surface area (Å²) in [7, 11) is 0. The van der Waals surface area contributed by atoms with Crippen LogP contribution in [0.2, 0.25) is 5.28 Å². The minimum Gasteiger partial charge on any atom is -0.353 e. The van der Waals surface area contributed by atoms with Crippen molar-refractivity contribution >= 4 is 23.3 Å². The summed E-state index contributed by atoms with van der Waals surface area (Å²) in [6.07, 6.45) is -4.61. The summed E-state index contributed by atoms with van der Waals surface area (Å²) in [4.78, 5) is 19.9. The molecule has 1 aliphatic heterocycles. The monoisotopic (exact) mass is 294 g/mol. The maximum atomic E-state index is 12.6. The molecule has 0 radical (unpaired) electrons. The van der Waals surface area contributed by atoms with Gasteiger partial charge in [0.25, 0.3) is 0 Å². The number of piperazine rings is 1. The van der Waals surface area contributed by atoms with E-state index in [-0.39, 0.29) is 11.7 Å². The summed E-state index contributed by atoms with van der Waals surface area (Å²) in [6.45, 7) is 2.28. The van der Waals surface area contributed by atoms with Gasteiger partial charge >= 0.3 is 6.18 Å². The number of nitrogens with one attached hydrogen (secondary N) is 1. The highest BCUT2D eigenvalue weighted by molar-refractivity contribution is 6.28. The van der Waals surface area contributed by atoms with Crippen molar-refractivity contribution in [1.29, 1.82) is 0 Å². The third kappa shape index (κ3) is 2.89. The summed E-state index contributed by atoms with van der Waals surface area (Å²) >= 11 is 5.51. The number of anilines is 1. The second-order valence-electron chi connectivity index (χ2n) is 4.04. The quantitative estimate of drug-likeness (QED) is 0.797. The Morgan fingerprint density at radius 1 is 1.47 bits per heavy atom.